The molecule has 0 aliphatic heterocycles. The van der Waals surface area contributed by atoms with E-state index in [4.69, 9.17) is 0 Å². The van der Waals surface area contributed by atoms with Gasteiger partial charge < -0.3 is 10.0 Å². The molecular formula is C15H13N3O2S. The molecule has 6 heteroatoms. The molecule has 0 fully saturated rings. The first-order valence-corrected chi connectivity index (χ1v) is 7.19. The Morgan fingerprint density at radius 2 is 2.14 bits per heavy atom. The van der Waals surface area contributed by atoms with E-state index in [0.29, 0.717) is 12.1 Å². The fraction of sp³-hybridized carbons (Fsp3) is 0.133. The van der Waals surface area contributed by atoms with E-state index in [1.54, 1.807) is 23.3 Å². The molecule has 0 unspecified atom stereocenters. The van der Waals surface area contributed by atoms with Gasteiger partial charge in [0.15, 0.2) is 0 Å². The van der Waals surface area contributed by atoms with Gasteiger partial charge in [0.05, 0.1) is 28.5 Å². The largest absolute Gasteiger partial charge is 0.506 e. The molecule has 0 saturated heterocycles. The summed E-state index contributed by atoms with van der Waals surface area (Å²) < 4.78 is 1.10. The van der Waals surface area contributed by atoms with Gasteiger partial charge in [0.1, 0.15) is 10.8 Å². The van der Waals surface area contributed by atoms with E-state index < -0.39 is 0 Å². The topological polar surface area (TPSA) is 66.3 Å². The lowest BCUT2D eigenvalue weighted by Gasteiger charge is -2.15. The van der Waals surface area contributed by atoms with Crippen molar-refractivity contribution in [3.05, 3.63) is 53.3 Å². The molecule has 0 aliphatic rings. The van der Waals surface area contributed by atoms with Crippen LogP contribution in [0.1, 0.15) is 15.4 Å². The number of para-hydroxylation sites is 1. The Morgan fingerprint density at radius 1 is 1.33 bits per heavy atom. The van der Waals surface area contributed by atoms with Crippen molar-refractivity contribution in [2.24, 2.45) is 0 Å². The van der Waals surface area contributed by atoms with E-state index in [1.165, 1.54) is 18.5 Å². The van der Waals surface area contributed by atoms with Crippen molar-refractivity contribution >= 4 is 27.5 Å². The van der Waals surface area contributed by atoms with Crippen LogP contribution < -0.4 is 0 Å². The molecule has 1 amide bonds. The molecule has 106 valence electrons. The van der Waals surface area contributed by atoms with Crippen LogP contribution in [0.5, 0.6) is 5.75 Å². The standard InChI is InChI=1S/C15H13N3O2S/c1-18(15(20)10-6-11(19)8-16-7-10)9-14-17-12-4-2-3-5-13(12)21-14/h2-8,19H,9H2,1H3. The monoisotopic (exact) mass is 299 g/mol. The fourth-order valence-corrected chi connectivity index (χ4v) is 3.05. The molecule has 0 atom stereocenters. The molecule has 1 aromatic carbocycles. The lowest BCUT2D eigenvalue weighted by atomic mass is 10.2. The predicted octanol–water partition coefficient (Wildman–Crippen LogP) is 2.67. The maximum atomic E-state index is 12.3. The van der Waals surface area contributed by atoms with Gasteiger partial charge in [0, 0.05) is 13.2 Å². The SMILES string of the molecule is CN(Cc1nc2ccccc2s1)C(=O)c1cncc(O)c1. The zero-order valence-electron chi connectivity index (χ0n) is 11.4. The Morgan fingerprint density at radius 3 is 2.90 bits per heavy atom. The maximum Gasteiger partial charge on any atom is 0.255 e. The van der Waals surface area contributed by atoms with Crippen LogP contribution in [0.15, 0.2) is 42.7 Å². The van der Waals surface area contributed by atoms with Crippen LogP contribution in [0.3, 0.4) is 0 Å². The lowest BCUT2D eigenvalue weighted by molar-refractivity contribution is 0.0784. The van der Waals surface area contributed by atoms with Gasteiger partial charge in [-0.1, -0.05) is 12.1 Å². The van der Waals surface area contributed by atoms with Crippen LogP contribution in [0, 0.1) is 0 Å². The van der Waals surface area contributed by atoms with Crippen molar-refractivity contribution in [2.45, 2.75) is 6.54 Å². The highest BCUT2D eigenvalue weighted by molar-refractivity contribution is 7.18. The first kappa shape index (κ1) is 13.5. The average Bonchev–Trinajstić information content (AvgIpc) is 2.88. The van der Waals surface area contributed by atoms with Crippen molar-refractivity contribution in [1.29, 1.82) is 0 Å². The van der Waals surface area contributed by atoms with E-state index in [0.717, 1.165) is 15.2 Å². The zero-order valence-corrected chi connectivity index (χ0v) is 12.2. The minimum Gasteiger partial charge on any atom is -0.506 e. The van der Waals surface area contributed by atoms with Crippen LogP contribution in [-0.2, 0) is 6.54 Å². The number of hydrogen-bond acceptors (Lipinski definition) is 5. The third kappa shape index (κ3) is 2.85. The fourth-order valence-electron chi connectivity index (χ4n) is 2.03. The molecular weight excluding hydrogens is 286 g/mol. The third-order valence-corrected chi connectivity index (χ3v) is 4.05. The third-order valence-electron chi connectivity index (χ3n) is 3.03. The number of pyridine rings is 1. The molecule has 0 spiro atoms. The number of aromatic nitrogens is 2. The lowest BCUT2D eigenvalue weighted by Crippen LogP contribution is -2.26. The molecule has 0 radical (unpaired) electrons. The highest BCUT2D eigenvalue weighted by atomic mass is 32.1. The maximum absolute atomic E-state index is 12.3. The Labute approximate surface area is 125 Å². The minimum absolute atomic E-state index is 0.0192. The van der Waals surface area contributed by atoms with Gasteiger partial charge in [0.25, 0.3) is 5.91 Å². The molecule has 0 saturated carbocycles. The predicted molar refractivity (Wildman–Crippen MR) is 81.3 cm³/mol. The molecule has 2 heterocycles. The van der Waals surface area contributed by atoms with Gasteiger partial charge in [0.2, 0.25) is 0 Å². The second kappa shape index (κ2) is 5.49. The van der Waals surface area contributed by atoms with E-state index in [9.17, 15) is 9.90 Å². The first-order chi connectivity index (χ1) is 10.1. The summed E-state index contributed by atoms with van der Waals surface area (Å²) in [6, 6.07) is 9.29. The quantitative estimate of drug-likeness (QED) is 0.807. The van der Waals surface area contributed by atoms with Crippen molar-refractivity contribution in [2.75, 3.05) is 7.05 Å². The summed E-state index contributed by atoms with van der Waals surface area (Å²) in [7, 11) is 1.71. The van der Waals surface area contributed by atoms with Crippen LogP contribution >= 0.6 is 11.3 Å². The van der Waals surface area contributed by atoms with Gasteiger partial charge in [-0.15, -0.1) is 11.3 Å². The van der Waals surface area contributed by atoms with Gasteiger partial charge >= 0.3 is 0 Å². The normalized spacial score (nSPS) is 10.7. The highest BCUT2D eigenvalue weighted by Crippen LogP contribution is 2.22. The summed E-state index contributed by atoms with van der Waals surface area (Å²) in [6.45, 7) is 0.424. The Bertz CT molecular complexity index is 767. The van der Waals surface area contributed by atoms with Crippen molar-refractivity contribution in [3.63, 3.8) is 0 Å². The minimum atomic E-state index is -0.197. The number of fused-ring (bicyclic) bond motifs is 1. The summed E-state index contributed by atoms with van der Waals surface area (Å²) in [4.78, 5) is 22.2. The van der Waals surface area contributed by atoms with Crippen LogP contribution in [-0.4, -0.2) is 32.9 Å². The molecule has 0 bridgehead atoms. The first-order valence-electron chi connectivity index (χ1n) is 6.37. The Kier molecular flexibility index (Phi) is 3.53. The number of aromatic hydroxyl groups is 1. The average molecular weight is 299 g/mol. The Balaban J connectivity index is 1.79. The summed E-state index contributed by atoms with van der Waals surface area (Å²) in [5.74, 6) is -0.216. The summed E-state index contributed by atoms with van der Waals surface area (Å²) in [5, 5.41) is 10.3. The number of rotatable bonds is 3. The number of thiazole rings is 1. The second-order valence-corrected chi connectivity index (χ2v) is 5.78. The van der Waals surface area contributed by atoms with E-state index in [1.807, 2.05) is 24.3 Å². The number of amides is 1. The van der Waals surface area contributed by atoms with E-state index in [2.05, 4.69) is 9.97 Å². The van der Waals surface area contributed by atoms with Crippen molar-refractivity contribution < 1.29 is 9.90 Å². The number of nitrogens with zero attached hydrogens (tertiary/aromatic N) is 3. The molecule has 21 heavy (non-hydrogen) atoms. The molecule has 1 N–H and O–H groups in total. The number of benzene rings is 1. The smallest absolute Gasteiger partial charge is 0.255 e. The van der Waals surface area contributed by atoms with Gasteiger partial charge in [-0.25, -0.2) is 4.98 Å². The number of hydrogen-bond donors (Lipinski definition) is 1. The molecule has 3 rings (SSSR count). The highest BCUT2D eigenvalue weighted by Gasteiger charge is 2.15. The molecule has 0 aliphatic carbocycles. The van der Waals surface area contributed by atoms with Gasteiger partial charge in [-0.3, -0.25) is 9.78 Å². The van der Waals surface area contributed by atoms with Crippen LogP contribution in [0.25, 0.3) is 10.2 Å². The Hall–Kier alpha value is -2.47. The molecule has 5 nitrogen and oxygen atoms in total. The number of carbonyl (C=O) groups excluding carboxylic acids is 1. The van der Waals surface area contributed by atoms with Crippen LogP contribution in [0.4, 0.5) is 0 Å². The molecule has 3 aromatic rings. The summed E-state index contributed by atoms with van der Waals surface area (Å²) in [6.07, 6.45) is 2.74. The second-order valence-electron chi connectivity index (χ2n) is 4.67. The zero-order chi connectivity index (χ0) is 14.8. The van der Waals surface area contributed by atoms with Gasteiger partial charge in [-0.2, -0.15) is 0 Å². The van der Waals surface area contributed by atoms with E-state index >= 15 is 0 Å². The van der Waals surface area contributed by atoms with Crippen LogP contribution in [0.2, 0.25) is 0 Å². The van der Waals surface area contributed by atoms with Crippen molar-refractivity contribution in [3.8, 4) is 5.75 Å². The summed E-state index contributed by atoms with van der Waals surface area (Å²) >= 11 is 1.57. The summed E-state index contributed by atoms with van der Waals surface area (Å²) in [5.41, 5.74) is 1.30. The van der Waals surface area contributed by atoms with Gasteiger partial charge in [-0.05, 0) is 18.2 Å². The van der Waals surface area contributed by atoms with E-state index in [-0.39, 0.29) is 11.7 Å². The van der Waals surface area contributed by atoms with Crippen molar-refractivity contribution in [1.82, 2.24) is 14.9 Å². The molecule has 2 aromatic heterocycles. The number of carbonyl (C=O) groups is 1.